The number of ether oxygens (including phenoxy) is 2. The highest BCUT2D eigenvalue weighted by Crippen LogP contribution is 2.34. The largest absolute Gasteiger partial charge is 0.492 e. The third-order valence-corrected chi connectivity index (χ3v) is 5.60. The van der Waals surface area contributed by atoms with Crippen molar-refractivity contribution in [2.75, 3.05) is 39.5 Å². The van der Waals surface area contributed by atoms with Crippen molar-refractivity contribution in [1.82, 2.24) is 9.80 Å². The number of rotatable bonds is 3. The zero-order valence-electron chi connectivity index (χ0n) is 14.5. The van der Waals surface area contributed by atoms with Crippen molar-refractivity contribution in [3.8, 4) is 5.75 Å². The highest BCUT2D eigenvalue weighted by atomic mass is 16.5. The second-order valence-electron chi connectivity index (χ2n) is 7.25. The first-order valence-electron chi connectivity index (χ1n) is 9.19. The summed E-state index contributed by atoms with van der Waals surface area (Å²) in [6.07, 6.45) is 1.79. The number of hydrogen-bond donors (Lipinski definition) is 1. The van der Waals surface area contributed by atoms with Crippen LogP contribution in [0.2, 0.25) is 0 Å². The molecule has 0 radical (unpaired) electrons. The number of carbonyl (C=O) groups excluding carboxylic acids is 1. The van der Waals surface area contributed by atoms with Crippen LogP contribution in [0.4, 0.5) is 0 Å². The zero-order chi connectivity index (χ0) is 17.2. The number of carbonyl (C=O) groups is 1. The molecule has 2 aliphatic heterocycles. The van der Waals surface area contributed by atoms with Gasteiger partial charge >= 0.3 is 0 Å². The first kappa shape index (κ1) is 16.8. The van der Waals surface area contributed by atoms with Crippen molar-refractivity contribution < 1.29 is 19.4 Å². The van der Waals surface area contributed by atoms with Gasteiger partial charge in [0.1, 0.15) is 12.4 Å². The average Bonchev–Trinajstić information content (AvgIpc) is 2.95. The molecular weight excluding hydrogens is 320 g/mol. The Morgan fingerprint density at radius 2 is 2.08 bits per heavy atom. The molecule has 4 rings (SSSR count). The number of benzene rings is 1. The van der Waals surface area contributed by atoms with Crippen LogP contribution >= 0.6 is 0 Å². The van der Waals surface area contributed by atoms with E-state index in [0.29, 0.717) is 26.3 Å². The van der Waals surface area contributed by atoms with Crippen molar-refractivity contribution in [3.63, 3.8) is 0 Å². The summed E-state index contributed by atoms with van der Waals surface area (Å²) in [6.45, 7) is 3.92. The van der Waals surface area contributed by atoms with Crippen LogP contribution in [0.25, 0.3) is 0 Å². The molecule has 3 atom stereocenters. The van der Waals surface area contributed by atoms with E-state index in [1.54, 1.807) is 0 Å². The zero-order valence-corrected chi connectivity index (χ0v) is 14.5. The van der Waals surface area contributed by atoms with Crippen LogP contribution in [0.1, 0.15) is 18.4 Å². The lowest BCUT2D eigenvalue weighted by Gasteiger charge is -2.38. The van der Waals surface area contributed by atoms with E-state index in [-0.39, 0.29) is 30.6 Å². The van der Waals surface area contributed by atoms with Gasteiger partial charge in [-0.3, -0.25) is 9.69 Å². The van der Waals surface area contributed by atoms with Crippen molar-refractivity contribution in [3.05, 3.63) is 29.8 Å². The highest BCUT2D eigenvalue weighted by molar-refractivity contribution is 5.79. The summed E-state index contributed by atoms with van der Waals surface area (Å²) in [5.74, 6) is 1.34. The molecule has 2 fully saturated rings. The van der Waals surface area contributed by atoms with E-state index in [9.17, 15) is 9.90 Å². The van der Waals surface area contributed by atoms with Gasteiger partial charge in [0.25, 0.3) is 0 Å². The standard InChI is InChI=1S/C19H26N2O4/c22-13-14-9-16-18(10-14)25-8-6-21(16)19(23)12-20-5-7-24-17-4-2-1-3-15(17)11-20/h1-4,14,16,18,22H,5-13H2/t14-,16+,18?/m1/s1. The summed E-state index contributed by atoms with van der Waals surface area (Å²) in [5, 5.41) is 9.44. The van der Waals surface area contributed by atoms with Crippen LogP contribution in [0, 0.1) is 5.92 Å². The third kappa shape index (κ3) is 3.52. The van der Waals surface area contributed by atoms with Crippen LogP contribution in [0.5, 0.6) is 5.75 Å². The molecule has 136 valence electrons. The van der Waals surface area contributed by atoms with E-state index in [0.717, 1.165) is 37.2 Å². The maximum Gasteiger partial charge on any atom is 0.237 e. The summed E-state index contributed by atoms with van der Waals surface area (Å²) >= 11 is 0. The van der Waals surface area contributed by atoms with E-state index < -0.39 is 0 Å². The summed E-state index contributed by atoms with van der Waals surface area (Å²) in [7, 11) is 0. The average molecular weight is 346 g/mol. The molecule has 1 aliphatic carbocycles. The maximum absolute atomic E-state index is 13.0. The number of aliphatic hydroxyl groups excluding tert-OH is 1. The molecular formula is C19H26N2O4. The van der Waals surface area contributed by atoms with Gasteiger partial charge in [-0.2, -0.15) is 0 Å². The Morgan fingerprint density at radius 3 is 2.96 bits per heavy atom. The normalized spacial score (nSPS) is 29.5. The quantitative estimate of drug-likeness (QED) is 0.880. The Bertz CT molecular complexity index is 623. The molecule has 1 unspecified atom stereocenters. The maximum atomic E-state index is 13.0. The van der Waals surface area contributed by atoms with Gasteiger partial charge in [-0.05, 0) is 24.8 Å². The fourth-order valence-electron chi connectivity index (χ4n) is 4.31. The molecule has 3 aliphatic rings. The highest BCUT2D eigenvalue weighted by Gasteiger charge is 2.42. The SMILES string of the molecule is O=C(CN1CCOc2ccccc2C1)N1CCOC2C[C@H](CO)C[C@@H]21. The van der Waals surface area contributed by atoms with Gasteiger partial charge in [-0.1, -0.05) is 18.2 Å². The van der Waals surface area contributed by atoms with Crippen molar-refractivity contribution in [2.24, 2.45) is 5.92 Å². The number of morpholine rings is 1. The molecule has 0 spiro atoms. The van der Waals surface area contributed by atoms with Crippen molar-refractivity contribution in [2.45, 2.75) is 31.5 Å². The topological polar surface area (TPSA) is 62.2 Å². The predicted molar refractivity (Wildman–Crippen MR) is 92.3 cm³/mol. The predicted octanol–water partition coefficient (Wildman–Crippen LogP) is 0.879. The smallest absolute Gasteiger partial charge is 0.237 e. The van der Waals surface area contributed by atoms with Gasteiger partial charge in [0, 0.05) is 31.8 Å². The molecule has 6 heteroatoms. The van der Waals surface area contributed by atoms with E-state index >= 15 is 0 Å². The van der Waals surface area contributed by atoms with Gasteiger partial charge in [-0.15, -0.1) is 0 Å². The monoisotopic (exact) mass is 346 g/mol. The van der Waals surface area contributed by atoms with Gasteiger partial charge < -0.3 is 19.5 Å². The van der Waals surface area contributed by atoms with Gasteiger partial charge in [0.15, 0.2) is 0 Å². The minimum absolute atomic E-state index is 0.0862. The number of nitrogens with zero attached hydrogens (tertiary/aromatic N) is 2. The number of aliphatic hydroxyl groups is 1. The van der Waals surface area contributed by atoms with Crippen molar-refractivity contribution in [1.29, 1.82) is 0 Å². The molecule has 1 saturated heterocycles. The second kappa shape index (κ2) is 7.32. The lowest BCUT2D eigenvalue weighted by atomic mass is 10.1. The lowest BCUT2D eigenvalue weighted by Crippen LogP contribution is -2.53. The number of hydrogen-bond acceptors (Lipinski definition) is 5. The molecule has 1 N–H and O–H groups in total. The molecule has 1 amide bonds. The van der Waals surface area contributed by atoms with Crippen LogP contribution in [-0.2, 0) is 16.1 Å². The summed E-state index contributed by atoms with van der Waals surface area (Å²) in [5.41, 5.74) is 1.13. The molecule has 6 nitrogen and oxygen atoms in total. The number of amides is 1. The second-order valence-corrected chi connectivity index (χ2v) is 7.25. The van der Waals surface area contributed by atoms with E-state index in [1.807, 2.05) is 23.1 Å². The van der Waals surface area contributed by atoms with Gasteiger partial charge in [0.2, 0.25) is 5.91 Å². The van der Waals surface area contributed by atoms with Crippen LogP contribution in [0.3, 0.4) is 0 Å². The Morgan fingerprint density at radius 1 is 1.20 bits per heavy atom. The summed E-state index contributed by atoms with van der Waals surface area (Å²) in [6, 6.07) is 8.15. The first-order chi connectivity index (χ1) is 12.2. The van der Waals surface area contributed by atoms with Crippen LogP contribution in [-0.4, -0.2) is 72.4 Å². The molecule has 25 heavy (non-hydrogen) atoms. The van der Waals surface area contributed by atoms with Gasteiger partial charge in [0.05, 0.1) is 25.3 Å². The van der Waals surface area contributed by atoms with E-state index in [1.165, 1.54) is 0 Å². The Hall–Kier alpha value is -1.63. The van der Waals surface area contributed by atoms with Crippen LogP contribution in [0.15, 0.2) is 24.3 Å². The number of fused-ring (bicyclic) bond motifs is 2. The fraction of sp³-hybridized carbons (Fsp3) is 0.632. The summed E-state index contributed by atoms with van der Waals surface area (Å²) in [4.78, 5) is 17.1. The van der Waals surface area contributed by atoms with Gasteiger partial charge in [-0.25, -0.2) is 0 Å². The molecule has 2 heterocycles. The molecule has 1 aromatic rings. The van der Waals surface area contributed by atoms with Crippen molar-refractivity contribution >= 4 is 5.91 Å². The molecule has 1 aromatic carbocycles. The minimum atomic E-state index is 0.0862. The number of para-hydroxylation sites is 1. The lowest BCUT2D eigenvalue weighted by molar-refractivity contribution is -0.145. The Balaban J connectivity index is 1.41. The molecule has 1 saturated carbocycles. The fourth-order valence-corrected chi connectivity index (χ4v) is 4.31. The van der Waals surface area contributed by atoms with Crippen LogP contribution < -0.4 is 4.74 Å². The van der Waals surface area contributed by atoms with E-state index in [4.69, 9.17) is 9.47 Å². The third-order valence-electron chi connectivity index (χ3n) is 5.60. The summed E-state index contributed by atoms with van der Waals surface area (Å²) < 4.78 is 11.6. The first-order valence-corrected chi connectivity index (χ1v) is 9.19. The minimum Gasteiger partial charge on any atom is -0.492 e. The molecule has 0 aromatic heterocycles. The Labute approximate surface area is 148 Å². The molecule has 0 bridgehead atoms. The van der Waals surface area contributed by atoms with E-state index in [2.05, 4.69) is 11.0 Å². The Kier molecular flexibility index (Phi) is 4.92.